The molecule has 0 amide bonds. The van der Waals surface area contributed by atoms with Crippen molar-refractivity contribution in [3.63, 3.8) is 0 Å². The predicted molar refractivity (Wildman–Crippen MR) is 83.9 cm³/mol. The van der Waals surface area contributed by atoms with Gasteiger partial charge in [-0.05, 0) is 49.5 Å². The Morgan fingerprint density at radius 2 is 2.32 bits per heavy atom. The monoisotopic (exact) mass is 279 g/mol. The standard InChI is InChI=1S/C15H25N3S/c1-3-16-15(18-11-13-6-7-13)17-10-12(2)9-14-5-4-8-19-14/h4-5,8,12-13H,3,6-7,9-11H2,1-2H3,(H2,16,17,18). The maximum Gasteiger partial charge on any atom is 0.191 e. The van der Waals surface area contributed by atoms with Crippen LogP contribution in [-0.4, -0.2) is 25.6 Å². The molecule has 0 radical (unpaired) electrons. The van der Waals surface area contributed by atoms with E-state index in [4.69, 9.17) is 4.99 Å². The Bertz CT molecular complexity index is 382. The Kier molecular flexibility index (Phi) is 5.70. The van der Waals surface area contributed by atoms with Gasteiger partial charge in [0.25, 0.3) is 0 Å². The van der Waals surface area contributed by atoms with Crippen LogP contribution in [0.5, 0.6) is 0 Å². The second-order valence-corrected chi connectivity index (χ2v) is 6.46. The van der Waals surface area contributed by atoms with Crippen molar-refractivity contribution in [2.24, 2.45) is 16.8 Å². The third kappa shape index (κ3) is 5.64. The van der Waals surface area contributed by atoms with Crippen molar-refractivity contribution in [2.45, 2.75) is 33.1 Å². The van der Waals surface area contributed by atoms with E-state index in [-0.39, 0.29) is 0 Å². The van der Waals surface area contributed by atoms with E-state index in [0.29, 0.717) is 5.92 Å². The van der Waals surface area contributed by atoms with Crippen molar-refractivity contribution in [3.05, 3.63) is 22.4 Å². The lowest BCUT2D eigenvalue weighted by molar-refractivity contribution is 0.594. The van der Waals surface area contributed by atoms with E-state index in [2.05, 4.69) is 42.0 Å². The molecule has 2 rings (SSSR count). The van der Waals surface area contributed by atoms with E-state index in [1.54, 1.807) is 0 Å². The van der Waals surface area contributed by atoms with E-state index < -0.39 is 0 Å². The summed E-state index contributed by atoms with van der Waals surface area (Å²) in [4.78, 5) is 6.15. The highest BCUT2D eigenvalue weighted by Crippen LogP contribution is 2.27. The Morgan fingerprint density at radius 1 is 1.47 bits per heavy atom. The molecule has 3 nitrogen and oxygen atoms in total. The molecule has 4 heteroatoms. The normalized spacial score (nSPS) is 17.3. The zero-order chi connectivity index (χ0) is 13.5. The van der Waals surface area contributed by atoms with Crippen LogP contribution in [0.4, 0.5) is 0 Å². The van der Waals surface area contributed by atoms with Gasteiger partial charge in [0.05, 0.1) is 0 Å². The lowest BCUT2D eigenvalue weighted by Gasteiger charge is -2.12. The molecule has 1 aromatic heterocycles. The van der Waals surface area contributed by atoms with Crippen LogP contribution in [0.2, 0.25) is 0 Å². The molecule has 1 aliphatic rings. The van der Waals surface area contributed by atoms with Gasteiger partial charge in [0.2, 0.25) is 0 Å². The van der Waals surface area contributed by atoms with E-state index in [0.717, 1.165) is 37.9 Å². The first-order valence-corrected chi connectivity index (χ1v) is 8.20. The molecular formula is C15H25N3S. The fraction of sp³-hybridized carbons (Fsp3) is 0.667. The summed E-state index contributed by atoms with van der Waals surface area (Å²) >= 11 is 1.84. The summed E-state index contributed by atoms with van der Waals surface area (Å²) in [5.41, 5.74) is 0. The molecule has 1 unspecified atom stereocenters. The second kappa shape index (κ2) is 7.53. The zero-order valence-corrected chi connectivity index (χ0v) is 12.8. The lowest BCUT2D eigenvalue weighted by atomic mass is 10.1. The summed E-state index contributed by atoms with van der Waals surface area (Å²) in [6.45, 7) is 7.27. The molecule has 1 fully saturated rings. The van der Waals surface area contributed by atoms with Crippen LogP contribution in [0.15, 0.2) is 22.5 Å². The highest BCUT2D eigenvalue weighted by Gasteiger charge is 2.21. The van der Waals surface area contributed by atoms with E-state index >= 15 is 0 Å². The zero-order valence-electron chi connectivity index (χ0n) is 12.0. The lowest BCUT2D eigenvalue weighted by Crippen LogP contribution is -2.38. The van der Waals surface area contributed by atoms with Crippen LogP contribution in [0, 0.1) is 11.8 Å². The topological polar surface area (TPSA) is 36.4 Å². The van der Waals surface area contributed by atoms with E-state index in [9.17, 15) is 0 Å². The number of rotatable bonds is 7. The minimum atomic E-state index is 0.593. The molecule has 0 aromatic carbocycles. The molecule has 1 aromatic rings. The molecule has 0 spiro atoms. The van der Waals surface area contributed by atoms with Crippen LogP contribution in [0.3, 0.4) is 0 Å². The summed E-state index contributed by atoms with van der Waals surface area (Å²) in [5, 5.41) is 8.91. The van der Waals surface area contributed by atoms with Gasteiger partial charge in [-0.15, -0.1) is 11.3 Å². The van der Waals surface area contributed by atoms with Gasteiger partial charge in [0.1, 0.15) is 0 Å². The molecule has 0 saturated heterocycles. The van der Waals surface area contributed by atoms with Crippen LogP contribution >= 0.6 is 11.3 Å². The maximum atomic E-state index is 4.69. The summed E-state index contributed by atoms with van der Waals surface area (Å²) in [6.07, 6.45) is 3.88. The average molecular weight is 279 g/mol. The van der Waals surface area contributed by atoms with Gasteiger partial charge in [-0.1, -0.05) is 13.0 Å². The number of nitrogens with one attached hydrogen (secondary N) is 2. The fourth-order valence-corrected chi connectivity index (χ4v) is 2.86. The molecule has 2 N–H and O–H groups in total. The summed E-state index contributed by atoms with van der Waals surface area (Å²) < 4.78 is 0. The molecule has 0 bridgehead atoms. The fourth-order valence-electron chi connectivity index (χ4n) is 1.99. The molecule has 1 heterocycles. The minimum Gasteiger partial charge on any atom is -0.357 e. The number of hydrogen-bond acceptors (Lipinski definition) is 2. The SMILES string of the molecule is CCNC(=NCC(C)Cc1cccs1)NCC1CC1. The van der Waals surface area contributed by atoms with Crippen LogP contribution < -0.4 is 10.6 Å². The van der Waals surface area contributed by atoms with Crippen molar-refractivity contribution < 1.29 is 0 Å². The summed E-state index contributed by atoms with van der Waals surface area (Å²) in [7, 11) is 0. The number of aliphatic imine (C=N–C) groups is 1. The number of thiophene rings is 1. The first-order chi connectivity index (χ1) is 9.28. The molecule has 0 aliphatic heterocycles. The highest BCUT2D eigenvalue weighted by molar-refractivity contribution is 7.09. The van der Waals surface area contributed by atoms with E-state index in [1.807, 2.05) is 11.3 Å². The highest BCUT2D eigenvalue weighted by atomic mass is 32.1. The van der Waals surface area contributed by atoms with Crippen molar-refractivity contribution in [3.8, 4) is 0 Å². The summed E-state index contributed by atoms with van der Waals surface area (Å²) in [5.74, 6) is 2.45. The molecule has 19 heavy (non-hydrogen) atoms. The van der Waals surface area contributed by atoms with Gasteiger partial charge in [0, 0.05) is 24.5 Å². The second-order valence-electron chi connectivity index (χ2n) is 5.43. The molecule has 1 saturated carbocycles. The van der Waals surface area contributed by atoms with Crippen molar-refractivity contribution in [2.75, 3.05) is 19.6 Å². The minimum absolute atomic E-state index is 0.593. The molecular weight excluding hydrogens is 254 g/mol. The largest absolute Gasteiger partial charge is 0.357 e. The summed E-state index contributed by atoms with van der Waals surface area (Å²) in [6, 6.07) is 4.33. The Balaban J connectivity index is 1.75. The molecule has 1 aliphatic carbocycles. The van der Waals surface area contributed by atoms with Crippen molar-refractivity contribution in [1.29, 1.82) is 0 Å². The van der Waals surface area contributed by atoms with Crippen LogP contribution in [-0.2, 0) is 6.42 Å². The van der Waals surface area contributed by atoms with Gasteiger partial charge < -0.3 is 10.6 Å². The van der Waals surface area contributed by atoms with E-state index in [1.165, 1.54) is 17.7 Å². The van der Waals surface area contributed by atoms with Gasteiger partial charge in [-0.2, -0.15) is 0 Å². The predicted octanol–water partition coefficient (Wildman–Crippen LogP) is 2.89. The maximum absolute atomic E-state index is 4.69. The van der Waals surface area contributed by atoms with Crippen molar-refractivity contribution in [1.82, 2.24) is 10.6 Å². The molecule has 106 valence electrons. The Hall–Kier alpha value is -1.03. The molecule has 1 atom stereocenters. The van der Waals surface area contributed by atoms with Gasteiger partial charge in [-0.25, -0.2) is 0 Å². The third-order valence-corrected chi connectivity index (χ3v) is 4.19. The van der Waals surface area contributed by atoms with Crippen LogP contribution in [0.1, 0.15) is 31.6 Å². The number of hydrogen-bond donors (Lipinski definition) is 2. The first-order valence-electron chi connectivity index (χ1n) is 7.32. The smallest absolute Gasteiger partial charge is 0.191 e. The van der Waals surface area contributed by atoms with Gasteiger partial charge >= 0.3 is 0 Å². The van der Waals surface area contributed by atoms with Crippen LogP contribution in [0.25, 0.3) is 0 Å². The Labute approximate surface area is 120 Å². The first kappa shape index (κ1) is 14.4. The van der Waals surface area contributed by atoms with Gasteiger partial charge in [0.15, 0.2) is 5.96 Å². The Morgan fingerprint density at radius 3 is 2.95 bits per heavy atom. The van der Waals surface area contributed by atoms with Gasteiger partial charge in [-0.3, -0.25) is 4.99 Å². The third-order valence-electron chi connectivity index (χ3n) is 3.29. The number of nitrogens with zero attached hydrogens (tertiary/aromatic N) is 1. The number of guanidine groups is 1. The quantitative estimate of drug-likeness (QED) is 0.595. The van der Waals surface area contributed by atoms with Crippen molar-refractivity contribution >= 4 is 17.3 Å². The average Bonchev–Trinajstić information content (AvgIpc) is 3.09.